The zero-order chi connectivity index (χ0) is 23.2. The summed E-state index contributed by atoms with van der Waals surface area (Å²) in [5.41, 5.74) is 4.66. The lowest BCUT2D eigenvalue weighted by Gasteiger charge is -2.14. The van der Waals surface area contributed by atoms with Crippen molar-refractivity contribution in [3.8, 4) is 11.1 Å². The quantitative estimate of drug-likeness (QED) is 0.504. The van der Waals surface area contributed by atoms with Crippen LogP contribution in [0.4, 0.5) is 4.79 Å². The van der Waals surface area contributed by atoms with Crippen molar-refractivity contribution < 1.29 is 29.0 Å². The Labute approximate surface area is 192 Å². The highest BCUT2D eigenvalue weighted by Crippen LogP contribution is 2.44. The molecule has 1 aliphatic carbocycles. The fraction of sp³-hybridized carbons (Fsp3) is 0.400. The van der Waals surface area contributed by atoms with Gasteiger partial charge in [0.15, 0.2) is 6.10 Å². The van der Waals surface area contributed by atoms with Crippen molar-refractivity contribution in [3.63, 3.8) is 0 Å². The Kier molecular flexibility index (Phi) is 7.24. The van der Waals surface area contributed by atoms with E-state index in [0.717, 1.165) is 11.1 Å². The molecule has 0 spiro atoms. The molecule has 2 amide bonds. The minimum atomic E-state index is -0.969. The van der Waals surface area contributed by atoms with Crippen LogP contribution in [0.1, 0.15) is 42.7 Å². The number of ether oxygens (including phenoxy) is 2. The first-order valence-corrected chi connectivity index (χ1v) is 11.3. The summed E-state index contributed by atoms with van der Waals surface area (Å²) < 4.78 is 10.8. The average molecular weight is 453 g/mol. The summed E-state index contributed by atoms with van der Waals surface area (Å²) in [5, 5.41) is 14.4. The van der Waals surface area contributed by atoms with E-state index >= 15 is 0 Å². The molecule has 2 unspecified atom stereocenters. The monoisotopic (exact) mass is 452 g/mol. The van der Waals surface area contributed by atoms with Gasteiger partial charge in [-0.25, -0.2) is 9.59 Å². The number of carboxylic acids is 1. The van der Waals surface area contributed by atoms with Crippen LogP contribution in [0, 0.1) is 0 Å². The average Bonchev–Trinajstić information content (AvgIpc) is 3.42. The van der Waals surface area contributed by atoms with E-state index in [-0.39, 0.29) is 31.0 Å². The first-order chi connectivity index (χ1) is 16.0. The summed E-state index contributed by atoms with van der Waals surface area (Å²) in [6.45, 7) is 0.868. The molecule has 0 bridgehead atoms. The van der Waals surface area contributed by atoms with Crippen molar-refractivity contribution in [3.05, 3.63) is 59.7 Å². The molecular formula is C25H28N2O6. The molecule has 0 radical (unpaired) electrons. The first-order valence-electron chi connectivity index (χ1n) is 11.3. The molecule has 8 nitrogen and oxygen atoms in total. The molecular weight excluding hydrogens is 424 g/mol. The lowest BCUT2D eigenvalue weighted by molar-refractivity contribution is -0.149. The lowest BCUT2D eigenvalue weighted by atomic mass is 9.98. The Bertz CT molecular complexity index is 978. The number of amides is 2. The molecule has 1 aliphatic heterocycles. The Morgan fingerprint density at radius 2 is 1.64 bits per heavy atom. The Morgan fingerprint density at radius 1 is 0.970 bits per heavy atom. The third kappa shape index (κ3) is 5.51. The normalized spacial score (nSPS) is 18.9. The minimum Gasteiger partial charge on any atom is -0.479 e. The van der Waals surface area contributed by atoms with Crippen LogP contribution >= 0.6 is 0 Å². The van der Waals surface area contributed by atoms with E-state index in [0.29, 0.717) is 32.4 Å². The summed E-state index contributed by atoms with van der Waals surface area (Å²) in [5.74, 6) is -1.12. The number of hydrogen-bond donors (Lipinski definition) is 3. The zero-order valence-corrected chi connectivity index (χ0v) is 18.3. The van der Waals surface area contributed by atoms with Gasteiger partial charge in [-0.1, -0.05) is 48.5 Å². The number of carboxylic acid groups (broad SMARTS) is 1. The van der Waals surface area contributed by atoms with Gasteiger partial charge in [0, 0.05) is 25.4 Å². The van der Waals surface area contributed by atoms with Gasteiger partial charge in [-0.3, -0.25) is 4.79 Å². The fourth-order valence-corrected chi connectivity index (χ4v) is 4.44. The number of nitrogens with one attached hydrogen (secondary N) is 2. The molecule has 33 heavy (non-hydrogen) atoms. The second-order valence-corrected chi connectivity index (χ2v) is 8.32. The molecule has 0 aromatic heterocycles. The lowest BCUT2D eigenvalue weighted by Crippen LogP contribution is -2.33. The van der Waals surface area contributed by atoms with Crippen LogP contribution in [0.3, 0.4) is 0 Å². The summed E-state index contributed by atoms with van der Waals surface area (Å²) >= 11 is 0. The van der Waals surface area contributed by atoms with Crippen molar-refractivity contribution in [2.75, 3.05) is 19.7 Å². The second-order valence-electron chi connectivity index (χ2n) is 8.32. The largest absolute Gasteiger partial charge is 0.479 e. The number of aliphatic carboxylic acids is 1. The SMILES string of the molecule is O=C(CCCNC(=O)OCC1c2ccccc2-c2ccccc21)NCC1CCC(C(=O)O)O1. The molecule has 4 rings (SSSR count). The molecule has 2 aliphatic rings. The van der Waals surface area contributed by atoms with Gasteiger partial charge in [0.2, 0.25) is 5.91 Å². The maximum absolute atomic E-state index is 12.2. The number of alkyl carbamates (subject to hydrolysis) is 1. The minimum absolute atomic E-state index is 0.00691. The van der Waals surface area contributed by atoms with E-state index in [9.17, 15) is 14.4 Å². The molecule has 3 N–H and O–H groups in total. The molecule has 1 saturated heterocycles. The Hall–Kier alpha value is -3.39. The number of fused-ring (bicyclic) bond motifs is 3. The highest BCUT2D eigenvalue weighted by Gasteiger charge is 2.31. The van der Waals surface area contributed by atoms with E-state index < -0.39 is 18.2 Å². The van der Waals surface area contributed by atoms with Gasteiger partial charge >= 0.3 is 12.1 Å². The maximum Gasteiger partial charge on any atom is 0.407 e. The van der Waals surface area contributed by atoms with Crippen LogP contribution < -0.4 is 10.6 Å². The number of benzene rings is 2. The topological polar surface area (TPSA) is 114 Å². The van der Waals surface area contributed by atoms with Crippen LogP contribution in [-0.2, 0) is 19.1 Å². The van der Waals surface area contributed by atoms with E-state index in [2.05, 4.69) is 34.9 Å². The van der Waals surface area contributed by atoms with Gasteiger partial charge in [0.1, 0.15) is 6.61 Å². The summed E-state index contributed by atoms with van der Waals surface area (Å²) in [7, 11) is 0. The molecule has 174 valence electrons. The first kappa shape index (κ1) is 22.8. The van der Waals surface area contributed by atoms with E-state index in [1.54, 1.807) is 0 Å². The standard InChI is InChI=1S/C25H28N2O6/c28-23(27-14-16-11-12-22(33-16)24(29)30)10-5-13-26-25(31)32-15-21-19-8-3-1-6-17(19)18-7-2-4-9-20(18)21/h1-4,6-9,16,21-22H,5,10-15H2,(H,26,31)(H,27,28)(H,29,30). The highest BCUT2D eigenvalue weighted by molar-refractivity contribution is 5.79. The zero-order valence-electron chi connectivity index (χ0n) is 18.3. The van der Waals surface area contributed by atoms with Gasteiger partial charge in [-0.2, -0.15) is 0 Å². The highest BCUT2D eigenvalue weighted by atomic mass is 16.5. The maximum atomic E-state index is 12.2. The van der Waals surface area contributed by atoms with Crippen LogP contribution in [-0.4, -0.2) is 55.0 Å². The molecule has 1 fully saturated rings. The van der Waals surface area contributed by atoms with E-state index in [1.807, 2.05) is 24.3 Å². The molecule has 2 aromatic carbocycles. The molecule has 1 heterocycles. The van der Waals surface area contributed by atoms with Gasteiger partial charge in [0.05, 0.1) is 6.10 Å². The predicted molar refractivity (Wildman–Crippen MR) is 121 cm³/mol. The van der Waals surface area contributed by atoms with E-state index in [4.69, 9.17) is 14.6 Å². The predicted octanol–water partition coefficient (Wildman–Crippen LogP) is 3.05. The van der Waals surface area contributed by atoms with Crippen molar-refractivity contribution in [2.45, 2.75) is 43.8 Å². The summed E-state index contributed by atoms with van der Waals surface area (Å²) in [6.07, 6.45) is 0.233. The smallest absolute Gasteiger partial charge is 0.407 e. The fourth-order valence-electron chi connectivity index (χ4n) is 4.44. The number of carbonyl (C=O) groups is 3. The van der Waals surface area contributed by atoms with Crippen LogP contribution in [0.2, 0.25) is 0 Å². The van der Waals surface area contributed by atoms with Crippen molar-refractivity contribution in [1.82, 2.24) is 10.6 Å². The van der Waals surface area contributed by atoms with Crippen LogP contribution in [0.25, 0.3) is 11.1 Å². The number of hydrogen-bond acceptors (Lipinski definition) is 5. The third-order valence-electron chi connectivity index (χ3n) is 6.10. The molecule has 2 atom stereocenters. The Balaban J connectivity index is 1.14. The van der Waals surface area contributed by atoms with E-state index in [1.165, 1.54) is 11.1 Å². The van der Waals surface area contributed by atoms with Gasteiger partial charge in [-0.05, 0) is 41.5 Å². The van der Waals surface area contributed by atoms with Gasteiger partial charge in [-0.15, -0.1) is 0 Å². The number of carbonyl (C=O) groups excluding carboxylic acids is 2. The van der Waals surface area contributed by atoms with Gasteiger partial charge < -0.3 is 25.2 Å². The van der Waals surface area contributed by atoms with Crippen molar-refractivity contribution in [1.29, 1.82) is 0 Å². The molecule has 0 saturated carbocycles. The van der Waals surface area contributed by atoms with Crippen molar-refractivity contribution >= 4 is 18.0 Å². The summed E-state index contributed by atoms with van der Waals surface area (Å²) in [4.78, 5) is 35.0. The molecule has 8 heteroatoms. The van der Waals surface area contributed by atoms with Crippen LogP contribution in [0.5, 0.6) is 0 Å². The number of rotatable bonds is 9. The summed E-state index contributed by atoms with van der Waals surface area (Å²) in [6, 6.07) is 16.3. The Morgan fingerprint density at radius 3 is 2.27 bits per heavy atom. The van der Waals surface area contributed by atoms with Gasteiger partial charge in [0.25, 0.3) is 0 Å². The van der Waals surface area contributed by atoms with Crippen molar-refractivity contribution in [2.24, 2.45) is 0 Å². The molecule has 2 aromatic rings. The third-order valence-corrected chi connectivity index (χ3v) is 6.10. The second kappa shape index (κ2) is 10.5. The van der Waals surface area contributed by atoms with Crippen LogP contribution in [0.15, 0.2) is 48.5 Å².